The molecule has 0 amide bonds. The molecule has 9 heteroatoms. The quantitative estimate of drug-likeness (QED) is 0.216. The number of fused-ring (bicyclic) bond motifs is 3. The zero-order valence-electron chi connectivity index (χ0n) is 28.6. The predicted octanol–water partition coefficient (Wildman–Crippen LogP) is 5.33. The summed E-state index contributed by atoms with van der Waals surface area (Å²) in [6, 6.07) is 21.2. The first kappa shape index (κ1) is 40.0. The molecule has 2 aliphatic rings. The van der Waals surface area contributed by atoms with Crippen LogP contribution in [0.25, 0.3) is 11.1 Å². The molecule has 0 aromatic heterocycles. The van der Waals surface area contributed by atoms with Crippen LogP contribution < -0.4 is 28.1 Å². The summed E-state index contributed by atoms with van der Waals surface area (Å²) in [4.78, 5) is 0. The minimum atomic E-state index is -4.61. The Balaban J connectivity index is 0.00000281. The van der Waals surface area contributed by atoms with Gasteiger partial charge in [0.15, 0.2) is 0 Å². The Labute approximate surface area is 310 Å². The summed E-state index contributed by atoms with van der Waals surface area (Å²) in [5, 5.41) is 0. The second-order valence-corrected chi connectivity index (χ2v) is 20.9. The van der Waals surface area contributed by atoms with Crippen LogP contribution in [-0.2, 0) is 50.9 Å². The van der Waals surface area contributed by atoms with E-state index in [1.165, 1.54) is 23.3 Å². The van der Waals surface area contributed by atoms with Gasteiger partial charge in [-0.05, 0) is 0 Å². The minimum absolute atomic E-state index is 0. The van der Waals surface area contributed by atoms with E-state index < -0.39 is 44.7 Å². The smallest absolute Gasteiger partial charge is 1.00 e. The fourth-order valence-electron chi connectivity index (χ4n) is 6.94. The number of hydrogen-bond acceptors (Lipinski definition) is 0. The SMILES string of the molecule is CC(C)(C)c1ccc2c(c1)Cc1c-2ccc(C(C)(C)C)[c]1[Zr+2](=[C](c1cccc(C(F)(F)F)c1)c1cccc(C(F)(F)F)c1)[CH]1C=CC=C1.[Cl-].[Cl-]. The zero-order valence-corrected chi connectivity index (χ0v) is 32.6. The normalized spacial score (nSPS) is 14.0. The number of allylic oxidation sites excluding steroid dienone is 4. The molecular weight excluding hydrogens is 769 g/mol. The Bertz CT molecular complexity index is 1930. The standard InChI is InChI=1S/C21H25.C15H8F6.C5H5.2ClH.Zr/c1-20(2,3)16-7-9-18-14(12-16)11-15-13-17(21(4,5)6)8-10-19(15)18;16-14(17,18)12-5-1-3-10(8-12)7-11-4-2-6-13(9-11)15(19,20)21;1-2-4-5-3-1;;;/h7-10,12H,11H2,1-6H3;1-6,8-9H;1-5H;2*1H;/q;;;;;+2/p-2. The zero-order chi connectivity index (χ0) is 34.8. The van der Waals surface area contributed by atoms with Crippen molar-refractivity contribution in [2.45, 2.75) is 74.8 Å². The maximum atomic E-state index is 14.2. The van der Waals surface area contributed by atoms with E-state index in [2.05, 4.69) is 84.0 Å². The molecule has 4 aromatic carbocycles. The van der Waals surface area contributed by atoms with Gasteiger partial charge < -0.3 is 24.8 Å². The first-order chi connectivity index (χ1) is 22.3. The number of rotatable bonds is 4. The third-order valence-corrected chi connectivity index (χ3v) is 17.4. The number of alkyl halides is 6. The first-order valence-electron chi connectivity index (χ1n) is 16.1. The van der Waals surface area contributed by atoms with Gasteiger partial charge in [-0.25, -0.2) is 0 Å². The molecule has 2 aliphatic carbocycles. The summed E-state index contributed by atoms with van der Waals surface area (Å²) in [6.07, 6.45) is -0.484. The summed E-state index contributed by atoms with van der Waals surface area (Å²) >= 11 is -3.60. The van der Waals surface area contributed by atoms with Gasteiger partial charge in [0.25, 0.3) is 0 Å². The van der Waals surface area contributed by atoms with E-state index in [4.69, 9.17) is 0 Å². The van der Waals surface area contributed by atoms with E-state index in [-0.39, 0.29) is 39.3 Å². The van der Waals surface area contributed by atoms with Gasteiger partial charge in [0.2, 0.25) is 0 Å². The van der Waals surface area contributed by atoms with Crippen LogP contribution in [0.1, 0.15) is 86.1 Å². The van der Waals surface area contributed by atoms with E-state index in [9.17, 15) is 26.3 Å². The van der Waals surface area contributed by atoms with Gasteiger partial charge in [-0.3, -0.25) is 0 Å². The van der Waals surface area contributed by atoms with Crippen molar-refractivity contribution in [3.63, 3.8) is 0 Å². The topological polar surface area (TPSA) is 0 Å². The van der Waals surface area contributed by atoms with Crippen molar-refractivity contribution in [3.05, 3.63) is 148 Å². The maximum Gasteiger partial charge on any atom is -1.00 e. The minimum Gasteiger partial charge on any atom is -1.00 e. The molecule has 0 heterocycles. The van der Waals surface area contributed by atoms with Crippen LogP contribution in [-0.4, -0.2) is 3.21 Å². The van der Waals surface area contributed by atoms with Gasteiger partial charge in [-0.2, -0.15) is 0 Å². The van der Waals surface area contributed by atoms with Crippen LogP contribution >= 0.6 is 0 Å². The molecule has 50 heavy (non-hydrogen) atoms. The van der Waals surface area contributed by atoms with E-state index in [0.29, 0.717) is 20.8 Å². The molecule has 0 bridgehead atoms. The maximum absolute atomic E-state index is 14.2. The average molecular weight is 807 g/mol. The summed E-state index contributed by atoms with van der Waals surface area (Å²) in [7, 11) is 0. The van der Waals surface area contributed by atoms with Crippen LogP contribution in [0.15, 0.2) is 103 Å². The summed E-state index contributed by atoms with van der Waals surface area (Å²) in [5.74, 6) is 0. The molecule has 0 saturated heterocycles. The molecular formula is C41H38Cl2F6Zr. The van der Waals surface area contributed by atoms with E-state index in [1.807, 2.05) is 12.2 Å². The van der Waals surface area contributed by atoms with Crippen molar-refractivity contribution in [1.29, 1.82) is 0 Å². The Hall–Kier alpha value is -2.73. The molecule has 0 nitrogen and oxygen atoms in total. The second-order valence-electron chi connectivity index (χ2n) is 14.8. The molecule has 0 aliphatic heterocycles. The number of halogens is 8. The number of hydrogen-bond donors (Lipinski definition) is 0. The fourth-order valence-corrected chi connectivity index (χ4v) is 16.2. The van der Waals surface area contributed by atoms with Crippen LogP contribution in [0.4, 0.5) is 26.3 Å². The molecule has 0 spiro atoms. The van der Waals surface area contributed by atoms with Crippen molar-refractivity contribution < 1.29 is 72.4 Å². The monoisotopic (exact) mass is 804 g/mol. The largest absolute Gasteiger partial charge is 1.00 e. The third kappa shape index (κ3) is 7.86. The van der Waals surface area contributed by atoms with E-state index >= 15 is 0 Å². The van der Waals surface area contributed by atoms with Crippen LogP contribution in [0.5, 0.6) is 0 Å². The Morgan fingerprint density at radius 3 is 1.60 bits per heavy atom. The van der Waals surface area contributed by atoms with Crippen LogP contribution in [0, 0.1) is 0 Å². The fraction of sp³-hybridized carbons (Fsp3) is 0.293. The van der Waals surface area contributed by atoms with Gasteiger partial charge in [-0.15, -0.1) is 0 Å². The molecule has 4 aromatic rings. The van der Waals surface area contributed by atoms with Crippen LogP contribution in [0.3, 0.4) is 0 Å². The Morgan fingerprint density at radius 1 is 0.600 bits per heavy atom. The molecule has 0 fully saturated rings. The molecule has 0 unspecified atom stereocenters. The van der Waals surface area contributed by atoms with Crippen molar-refractivity contribution in [2.75, 3.05) is 0 Å². The molecule has 0 N–H and O–H groups in total. The Morgan fingerprint density at radius 2 is 1.12 bits per heavy atom. The first-order valence-corrected chi connectivity index (χ1v) is 20.0. The van der Waals surface area contributed by atoms with Gasteiger partial charge in [0, 0.05) is 0 Å². The van der Waals surface area contributed by atoms with E-state index in [0.717, 1.165) is 49.8 Å². The van der Waals surface area contributed by atoms with Gasteiger partial charge in [-0.1, -0.05) is 0 Å². The van der Waals surface area contributed by atoms with Crippen molar-refractivity contribution in [1.82, 2.24) is 0 Å². The average Bonchev–Trinajstić information content (AvgIpc) is 3.66. The van der Waals surface area contributed by atoms with E-state index in [1.54, 1.807) is 12.1 Å². The van der Waals surface area contributed by atoms with Crippen molar-refractivity contribution >= 4 is 6.48 Å². The number of benzene rings is 4. The van der Waals surface area contributed by atoms with Gasteiger partial charge in [0.1, 0.15) is 0 Å². The van der Waals surface area contributed by atoms with Crippen molar-refractivity contribution in [2.24, 2.45) is 0 Å². The van der Waals surface area contributed by atoms with Gasteiger partial charge in [0.05, 0.1) is 0 Å². The molecule has 0 saturated carbocycles. The molecule has 262 valence electrons. The van der Waals surface area contributed by atoms with Crippen LogP contribution in [0.2, 0.25) is 3.63 Å². The summed E-state index contributed by atoms with van der Waals surface area (Å²) in [6.45, 7) is 12.9. The predicted molar refractivity (Wildman–Crippen MR) is 180 cm³/mol. The van der Waals surface area contributed by atoms with Crippen molar-refractivity contribution in [3.8, 4) is 11.1 Å². The summed E-state index contributed by atoms with van der Waals surface area (Å²) in [5.41, 5.74) is 5.54. The second kappa shape index (κ2) is 14.4. The third-order valence-electron chi connectivity index (χ3n) is 9.33. The Kier molecular flexibility index (Phi) is 11.5. The molecule has 0 atom stereocenters. The summed E-state index contributed by atoms with van der Waals surface area (Å²) < 4.78 is 86.8. The van der Waals surface area contributed by atoms with Gasteiger partial charge >= 0.3 is 288 Å². The molecule has 0 radical (unpaired) electrons. The molecule has 6 rings (SSSR count).